The molecule has 0 aliphatic rings. The Morgan fingerprint density at radius 3 is 2.52 bits per heavy atom. The molecule has 168 valence electrons. The second-order valence-corrected chi connectivity index (χ2v) is 8.56. The number of aromatic nitrogens is 3. The second kappa shape index (κ2) is 10.4. The van der Waals surface area contributed by atoms with Crippen molar-refractivity contribution in [2.24, 2.45) is 0 Å². The average Bonchev–Trinajstić information content (AvgIpc) is 3.24. The molecule has 1 N–H and O–H groups in total. The van der Waals surface area contributed by atoms with E-state index in [2.05, 4.69) is 53.6 Å². The van der Waals surface area contributed by atoms with Crippen LogP contribution in [0.3, 0.4) is 0 Å². The van der Waals surface area contributed by atoms with Crippen LogP contribution in [0.1, 0.15) is 18.1 Å². The van der Waals surface area contributed by atoms with Crippen molar-refractivity contribution in [3.63, 3.8) is 0 Å². The molecule has 4 aromatic rings. The molecule has 0 saturated heterocycles. The number of thioether (sulfide) groups is 1. The maximum atomic E-state index is 12.7. The number of carbonyl (C=O) groups excluding carboxylic acids is 1. The molecule has 33 heavy (non-hydrogen) atoms. The first-order chi connectivity index (χ1) is 16.0. The van der Waals surface area contributed by atoms with Gasteiger partial charge in [-0.1, -0.05) is 65.4 Å². The van der Waals surface area contributed by atoms with E-state index in [-0.39, 0.29) is 11.7 Å². The van der Waals surface area contributed by atoms with Crippen LogP contribution < -0.4 is 10.1 Å². The van der Waals surface area contributed by atoms with Crippen LogP contribution in [-0.2, 0) is 4.79 Å². The lowest BCUT2D eigenvalue weighted by atomic mass is 10.1. The third kappa shape index (κ3) is 5.43. The molecule has 0 atom stereocenters. The predicted molar refractivity (Wildman–Crippen MR) is 133 cm³/mol. The number of ether oxygens (including phenoxy) is 1. The highest BCUT2D eigenvalue weighted by atomic mass is 32.2. The van der Waals surface area contributed by atoms with Crippen molar-refractivity contribution < 1.29 is 9.53 Å². The third-order valence-corrected chi connectivity index (χ3v) is 5.92. The number of nitrogens with zero attached hydrogens (tertiary/aromatic N) is 3. The van der Waals surface area contributed by atoms with Gasteiger partial charge in [0.25, 0.3) is 0 Å². The van der Waals surface area contributed by atoms with E-state index in [1.165, 1.54) is 17.3 Å². The minimum Gasteiger partial charge on any atom is -0.492 e. The van der Waals surface area contributed by atoms with Crippen molar-refractivity contribution in [2.45, 2.75) is 25.9 Å². The van der Waals surface area contributed by atoms with Gasteiger partial charge in [-0.2, -0.15) is 0 Å². The van der Waals surface area contributed by atoms with Crippen molar-refractivity contribution >= 4 is 23.4 Å². The topological polar surface area (TPSA) is 69.0 Å². The van der Waals surface area contributed by atoms with Gasteiger partial charge in [0.2, 0.25) is 5.91 Å². The van der Waals surface area contributed by atoms with Crippen LogP contribution in [0, 0.1) is 13.8 Å². The highest BCUT2D eigenvalue weighted by Crippen LogP contribution is 2.29. The van der Waals surface area contributed by atoms with Crippen LogP contribution in [0.4, 0.5) is 5.69 Å². The Hall–Kier alpha value is -3.58. The van der Waals surface area contributed by atoms with Crippen molar-refractivity contribution in [1.82, 2.24) is 14.8 Å². The summed E-state index contributed by atoms with van der Waals surface area (Å²) in [6, 6.07) is 23.8. The van der Waals surface area contributed by atoms with Crippen molar-refractivity contribution in [1.29, 1.82) is 0 Å². The highest BCUT2D eigenvalue weighted by Gasteiger charge is 2.18. The Kier molecular flexibility index (Phi) is 7.10. The largest absolute Gasteiger partial charge is 0.492 e. The summed E-state index contributed by atoms with van der Waals surface area (Å²) in [5, 5.41) is 12.5. The summed E-state index contributed by atoms with van der Waals surface area (Å²) < 4.78 is 7.60. The maximum absolute atomic E-state index is 12.7. The van der Waals surface area contributed by atoms with Crippen LogP contribution in [0.15, 0.2) is 78.0 Å². The summed E-state index contributed by atoms with van der Waals surface area (Å²) in [5.41, 5.74) is 4.90. The minimum atomic E-state index is -0.136. The summed E-state index contributed by atoms with van der Waals surface area (Å²) in [6.45, 7) is 6.55. The Balaban J connectivity index is 1.59. The van der Waals surface area contributed by atoms with Gasteiger partial charge in [-0.15, -0.1) is 10.2 Å². The van der Waals surface area contributed by atoms with Gasteiger partial charge in [0.15, 0.2) is 11.0 Å². The number of aryl methyl sites for hydroxylation is 2. The number of rotatable bonds is 8. The highest BCUT2D eigenvalue weighted by molar-refractivity contribution is 7.99. The molecule has 3 aromatic carbocycles. The van der Waals surface area contributed by atoms with E-state index in [1.54, 1.807) is 0 Å². The third-order valence-electron chi connectivity index (χ3n) is 5.00. The molecule has 0 aliphatic heterocycles. The van der Waals surface area contributed by atoms with E-state index in [1.807, 2.05) is 60.0 Å². The van der Waals surface area contributed by atoms with Crippen LogP contribution in [0.5, 0.6) is 5.75 Å². The van der Waals surface area contributed by atoms with Gasteiger partial charge in [0.1, 0.15) is 5.75 Å². The van der Waals surface area contributed by atoms with E-state index in [9.17, 15) is 4.79 Å². The lowest BCUT2D eigenvalue weighted by Crippen LogP contribution is -2.15. The quantitative estimate of drug-likeness (QED) is 0.344. The van der Waals surface area contributed by atoms with Gasteiger partial charge in [-0.05, 0) is 51.1 Å². The number of hydrogen-bond donors (Lipinski definition) is 1. The normalized spacial score (nSPS) is 10.8. The Labute approximate surface area is 198 Å². The standard InChI is InChI=1S/C26H26N4O2S/c1-4-32-23-11-6-5-10-22(23)27-24(31)17-33-26-29-28-25(20-9-7-8-19(3)16-20)30(26)21-14-12-18(2)13-15-21/h5-16H,4,17H2,1-3H3,(H,27,31). The zero-order valence-electron chi connectivity index (χ0n) is 18.9. The molecule has 0 saturated carbocycles. The second-order valence-electron chi connectivity index (χ2n) is 7.61. The van der Waals surface area contributed by atoms with Gasteiger partial charge in [-0.3, -0.25) is 9.36 Å². The van der Waals surface area contributed by atoms with Crippen LogP contribution in [-0.4, -0.2) is 33.0 Å². The van der Waals surface area contributed by atoms with Crippen LogP contribution >= 0.6 is 11.8 Å². The SMILES string of the molecule is CCOc1ccccc1NC(=O)CSc1nnc(-c2cccc(C)c2)n1-c1ccc(C)cc1. The van der Waals surface area contributed by atoms with E-state index in [0.717, 1.165) is 22.6 Å². The van der Waals surface area contributed by atoms with Crippen LogP contribution in [0.25, 0.3) is 17.1 Å². The number of benzene rings is 3. The molecular weight excluding hydrogens is 432 g/mol. The van der Waals surface area contributed by atoms with E-state index < -0.39 is 0 Å². The number of anilines is 1. The average molecular weight is 459 g/mol. The first-order valence-corrected chi connectivity index (χ1v) is 11.8. The number of nitrogens with one attached hydrogen (secondary N) is 1. The van der Waals surface area contributed by atoms with Gasteiger partial charge >= 0.3 is 0 Å². The fraction of sp³-hybridized carbons (Fsp3) is 0.192. The lowest BCUT2D eigenvalue weighted by molar-refractivity contribution is -0.113. The fourth-order valence-electron chi connectivity index (χ4n) is 3.43. The lowest BCUT2D eigenvalue weighted by Gasteiger charge is -2.12. The van der Waals surface area contributed by atoms with Crippen molar-refractivity contribution in [3.8, 4) is 22.8 Å². The molecule has 0 bridgehead atoms. The number of amides is 1. The number of carbonyl (C=O) groups is 1. The number of para-hydroxylation sites is 2. The zero-order valence-corrected chi connectivity index (χ0v) is 19.7. The Morgan fingerprint density at radius 2 is 1.76 bits per heavy atom. The van der Waals surface area contributed by atoms with Crippen molar-refractivity contribution in [2.75, 3.05) is 17.7 Å². The predicted octanol–water partition coefficient (Wildman–Crippen LogP) is 5.68. The molecule has 1 heterocycles. The molecule has 1 amide bonds. The molecule has 6 nitrogen and oxygen atoms in total. The molecule has 4 rings (SSSR count). The summed E-state index contributed by atoms with van der Waals surface area (Å²) in [6.07, 6.45) is 0. The summed E-state index contributed by atoms with van der Waals surface area (Å²) in [7, 11) is 0. The molecule has 0 aliphatic carbocycles. The number of hydrogen-bond acceptors (Lipinski definition) is 5. The van der Waals surface area contributed by atoms with Crippen LogP contribution in [0.2, 0.25) is 0 Å². The van der Waals surface area contributed by atoms with Crippen molar-refractivity contribution in [3.05, 3.63) is 83.9 Å². The zero-order chi connectivity index (χ0) is 23.2. The van der Waals surface area contributed by atoms with Gasteiger partial charge in [0.05, 0.1) is 18.0 Å². The Bertz CT molecular complexity index is 1250. The van der Waals surface area contributed by atoms with E-state index >= 15 is 0 Å². The smallest absolute Gasteiger partial charge is 0.234 e. The molecule has 0 spiro atoms. The summed E-state index contributed by atoms with van der Waals surface area (Å²) >= 11 is 1.35. The molecular formula is C26H26N4O2S. The van der Waals surface area contributed by atoms with Gasteiger partial charge in [-0.25, -0.2) is 0 Å². The minimum absolute atomic E-state index is 0.136. The molecule has 0 fully saturated rings. The fourth-order valence-corrected chi connectivity index (χ4v) is 4.18. The van der Waals surface area contributed by atoms with Gasteiger partial charge < -0.3 is 10.1 Å². The van der Waals surface area contributed by atoms with Gasteiger partial charge in [0, 0.05) is 11.3 Å². The molecule has 0 unspecified atom stereocenters. The molecule has 1 aromatic heterocycles. The Morgan fingerprint density at radius 1 is 0.970 bits per heavy atom. The first kappa shape index (κ1) is 22.6. The van der Waals surface area contributed by atoms with E-state index in [0.29, 0.717) is 23.2 Å². The first-order valence-electron chi connectivity index (χ1n) is 10.8. The summed E-state index contributed by atoms with van der Waals surface area (Å²) in [4.78, 5) is 12.7. The summed E-state index contributed by atoms with van der Waals surface area (Å²) in [5.74, 6) is 1.45. The maximum Gasteiger partial charge on any atom is 0.234 e. The monoisotopic (exact) mass is 458 g/mol. The van der Waals surface area contributed by atoms with E-state index in [4.69, 9.17) is 4.74 Å². The molecule has 0 radical (unpaired) electrons. The molecule has 7 heteroatoms.